The fourth-order valence-electron chi connectivity index (χ4n) is 1.43. The maximum Gasteiger partial charge on any atom is 0.159 e. The fourth-order valence-corrected chi connectivity index (χ4v) is 1.43. The summed E-state index contributed by atoms with van der Waals surface area (Å²) in [5.74, 6) is 0.134. The number of ketones is 1. The summed E-state index contributed by atoms with van der Waals surface area (Å²) in [4.78, 5) is 11.5. The number of hydrogen-bond donors (Lipinski definition) is 1. The summed E-state index contributed by atoms with van der Waals surface area (Å²) in [6, 6.07) is 0. The van der Waals surface area contributed by atoms with E-state index in [9.17, 15) is 9.90 Å². The van der Waals surface area contributed by atoms with Gasteiger partial charge in [-0.3, -0.25) is 4.79 Å². The Morgan fingerprint density at radius 2 is 1.94 bits per heavy atom. The molecule has 0 radical (unpaired) electrons. The SMILES string of the molecule is C=C[C@@](C)(O)CC/C=C(\C)CC(=O)C=C(C)C. The van der Waals surface area contributed by atoms with E-state index in [0.29, 0.717) is 12.8 Å². The normalized spacial score (nSPS) is 15.0. The highest BCUT2D eigenvalue weighted by atomic mass is 16.3. The van der Waals surface area contributed by atoms with Gasteiger partial charge >= 0.3 is 0 Å². The molecule has 0 spiro atoms. The van der Waals surface area contributed by atoms with Gasteiger partial charge in [-0.15, -0.1) is 6.58 Å². The van der Waals surface area contributed by atoms with Gasteiger partial charge in [-0.25, -0.2) is 0 Å². The molecular formula is C15H24O2. The molecule has 0 aliphatic rings. The Morgan fingerprint density at radius 3 is 2.41 bits per heavy atom. The lowest BCUT2D eigenvalue weighted by Gasteiger charge is -2.16. The average molecular weight is 236 g/mol. The summed E-state index contributed by atoms with van der Waals surface area (Å²) in [5.41, 5.74) is 1.26. The second-order valence-corrected chi connectivity index (χ2v) is 5.02. The minimum absolute atomic E-state index is 0.134. The molecule has 1 atom stereocenters. The maximum atomic E-state index is 11.5. The molecule has 2 heteroatoms. The van der Waals surface area contributed by atoms with Crippen LogP contribution in [0.2, 0.25) is 0 Å². The van der Waals surface area contributed by atoms with E-state index in [0.717, 1.165) is 17.6 Å². The molecule has 0 unspecified atom stereocenters. The second-order valence-electron chi connectivity index (χ2n) is 5.02. The van der Waals surface area contributed by atoms with E-state index in [2.05, 4.69) is 6.58 Å². The maximum absolute atomic E-state index is 11.5. The second kappa shape index (κ2) is 7.23. The summed E-state index contributed by atoms with van der Waals surface area (Å²) >= 11 is 0. The summed E-state index contributed by atoms with van der Waals surface area (Å²) in [5, 5.41) is 9.71. The van der Waals surface area contributed by atoms with Crippen LogP contribution in [0, 0.1) is 0 Å². The van der Waals surface area contributed by atoms with Gasteiger partial charge in [-0.05, 0) is 46.6 Å². The van der Waals surface area contributed by atoms with Crippen LogP contribution in [-0.4, -0.2) is 16.5 Å². The molecule has 2 nitrogen and oxygen atoms in total. The minimum atomic E-state index is -0.819. The van der Waals surface area contributed by atoms with Gasteiger partial charge in [0.15, 0.2) is 5.78 Å². The highest BCUT2D eigenvalue weighted by Gasteiger charge is 2.13. The lowest BCUT2D eigenvalue weighted by Crippen LogP contribution is -2.19. The Bertz CT molecular complexity index is 329. The Balaban J connectivity index is 4.16. The van der Waals surface area contributed by atoms with Crippen molar-refractivity contribution >= 4 is 5.78 Å². The van der Waals surface area contributed by atoms with Crippen molar-refractivity contribution in [1.29, 1.82) is 0 Å². The van der Waals surface area contributed by atoms with Crippen molar-refractivity contribution in [2.75, 3.05) is 0 Å². The van der Waals surface area contributed by atoms with Crippen LogP contribution in [0.25, 0.3) is 0 Å². The van der Waals surface area contributed by atoms with E-state index in [4.69, 9.17) is 0 Å². The highest BCUT2D eigenvalue weighted by molar-refractivity contribution is 5.91. The molecule has 96 valence electrons. The topological polar surface area (TPSA) is 37.3 Å². The number of carbonyl (C=O) groups is 1. The Labute approximate surface area is 105 Å². The number of allylic oxidation sites excluding steroid dienone is 4. The molecule has 0 bridgehead atoms. The lowest BCUT2D eigenvalue weighted by molar-refractivity contribution is -0.114. The van der Waals surface area contributed by atoms with Crippen LogP contribution in [0.3, 0.4) is 0 Å². The first-order valence-corrected chi connectivity index (χ1v) is 5.96. The number of carbonyl (C=O) groups excluding carboxylic acids is 1. The Kier molecular flexibility index (Phi) is 6.74. The van der Waals surface area contributed by atoms with Crippen LogP contribution < -0.4 is 0 Å². The predicted molar refractivity (Wildman–Crippen MR) is 72.9 cm³/mol. The van der Waals surface area contributed by atoms with Crippen molar-refractivity contribution in [2.24, 2.45) is 0 Å². The molecule has 0 aromatic heterocycles. The molecule has 0 saturated carbocycles. The zero-order valence-corrected chi connectivity index (χ0v) is 11.4. The van der Waals surface area contributed by atoms with E-state index in [-0.39, 0.29) is 5.78 Å². The molecule has 0 rings (SSSR count). The van der Waals surface area contributed by atoms with E-state index in [1.807, 2.05) is 26.8 Å². The molecule has 0 aromatic carbocycles. The zero-order valence-electron chi connectivity index (χ0n) is 11.4. The summed E-state index contributed by atoms with van der Waals surface area (Å²) in [7, 11) is 0. The van der Waals surface area contributed by atoms with Crippen molar-refractivity contribution in [3.63, 3.8) is 0 Å². The van der Waals surface area contributed by atoms with Crippen LogP contribution in [0.15, 0.2) is 36.0 Å². The molecule has 1 N–H and O–H groups in total. The van der Waals surface area contributed by atoms with Gasteiger partial charge in [-0.2, -0.15) is 0 Å². The molecule has 0 amide bonds. The molecule has 0 aromatic rings. The number of rotatable bonds is 7. The molecule has 17 heavy (non-hydrogen) atoms. The van der Waals surface area contributed by atoms with Gasteiger partial charge in [0, 0.05) is 6.42 Å². The van der Waals surface area contributed by atoms with E-state index >= 15 is 0 Å². The minimum Gasteiger partial charge on any atom is -0.386 e. The number of aliphatic hydroxyl groups is 1. The third kappa shape index (κ3) is 8.64. The highest BCUT2D eigenvalue weighted by Crippen LogP contribution is 2.15. The van der Waals surface area contributed by atoms with Crippen molar-refractivity contribution in [3.05, 3.63) is 36.0 Å². The monoisotopic (exact) mass is 236 g/mol. The van der Waals surface area contributed by atoms with Gasteiger partial charge < -0.3 is 5.11 Å². The van der Waals surface area contributed by atoms with Crippen LogP contribution in [-0.2, 0) is 4.79 Å². The first-order valence-electron chi connectivity index (χ1n) is 5.96. The van der Waals surface area contributed by atoms with Crippen molar-refractivity contribution < 1.29 is 9.90 Å². The largest absolute Gasteiger partial charge is 0.386 e. The number of hydrogen-bond acceptors (Lipinski definition) is 2. The molecule has 0 saturated heterocycles. The van der Waals surface area contributed by atoms with E-state index in [1.54, 1.807) is 19.1 Å². The first-order chi connectivity index (χ1) is 7.76. The van der Waals surface area contributed by atoms with Crippen LogP contribution >= 0.6 is 0 Å². The van der Waals surface area contributed by atoms with Crippen LogP contribution in [0.5, 0.6) is 0 Å². The predicted octanol–water partition coefficient (Wildman–Crippen LogP) is 3.58. The first kappa shape index (κ1) is 15.9. The summed E-state index contributed by atoms with van der Waals surface area (Å²) < 4.78 is 0. The molecule has 0 fully saturated rings. The van der Waals surface area contributed by atoms with Gasteiger partial charge in [0.1, 0.15) is 0 Å². The third-order valence-corrected chi connectivity index (χ3v) is 2.49. The molecule has 0 aliphatic heterocycles. The van der Waals surface area contributed by atoms with E-state index < -0.39 is 5.60 Å². The van der Waals surface area contributed by atoms with Crippen molar-refractivity contribution in [1.82, 2.24) is 0 Å². The molecule has 0 aliphatic carbocycles. The average Bonchev–Trinajstić information content (AvgIpc) is 2.15. The van der Waals surface area contributed by atoms with Crippen LogP contribution in [0.1, 0.15) is 47.0 Å². The van der Waals surface area contributed by atoms with Gasteiger partial charge in [-0.1, -0.05) is 23.3 Å². The molecular weight excluding hydrogens is 212 g/mol. The summed E-state index contributed by atoms with van der Waals surface area (Å²) in [6.45, 7) is 11.1. The quantitative estimate of drug-likeness (QED) is 0.542. The van der Waals surface area contributed by atoms with Gasteiger partial charge in [0.25, 0.3) is 0 Å². The van der Waals surface area contributed by atoms with Crippen LogP contribution in [0.4, 0.5) is 0 Å². The zero-order chi connectivity index (χ0) is 13.5. The third-order valence-electron chi connectivity index (χ3n) is 2.49. The Morgan fingerprint density at radius 1 is 1.35 bits per heavy atom. The van der Waals surface area contributed by atoms with Gasteiger partial charge in [0.2, 0.25) is 0 Å². The fraction of sp³-hybridized carbons (Fsp3) is 0.533. The smallest absolute Gasteiger partial charge is 0.159 e. The van der Waals surface area contributed by atoms with E-state index in [1.165, 1.54) is 0 Å². The Hall–Kier alpha value is -1.15. The lowest BCUT2D eigenvalue weighted by atomic mass is 9.99. The van der Waals surface area contributed by atoms with Crippen molar-refractivity contribution in [2.45, 2.75) is 52.6 Å². The van der Waals surface area contributed by atoms with Gasteiger partial charge in [0.05, 0.1) is 5.60 Å². The molecule has 0 heterocycles. The standard InChI is InChI=1S/C15H24O2/c1-6-15(5,17)9-7-8-13(4)11-14(16)10-12(2)3/h6,8,10,17H,1,7,9,11H2,2-5H3/b13-8+/t15-/m1/s1. The summed E-state index contributed by atoms with van der Waals surface area (Å²) in [6.07, 6.45) is 7.06. The van der Waals surface area contributed by atoms with Crippen molar-refractivity contribution in [3.8, 4) is 0 Å².